The largest absolute Gasteiger partial charge is 0.451 e. The molecular formula is C14H7F3N4O2. The molecule has 1 aliphatic rings. The van der Waals surface area contributed by atoms with Gasteiger partial charge in [0.25, 0.3) is 0 Å². The monoisotopic (exact) mass is 320 g/mol. The van der Waals surface area contributed by atoms with E-state index in [-0.39, 0.29) is 28.2 Å². The highest BCUT2D eigenvalue weighted by Crippen LogP contribution is 2.27. The lowest BCUT2D eigenvalue weighted by Crippen LogP contribution is -2.23. The van der Waals surface area contributed by atoms with Crippen LogP contribution in [-0.2, 0) is 6.18 Å². The van der Waals surface area contributed by atoms with Crippen molar-refractivity contribution in [1.29, 1.82) is 0 Å². The summed E-state index contributed by atoms with van der Waals surface area (Å²) in [5.41, 5.74) is 5.47. The fourth-order valence-corrected chi connectivity index (χ4v) is 2.02. The molecule has 2 N–H and O–H groups in total. The highest BCUT2D eigenvalue weighted by atomic mass is 19.4. The molecule has 116 valence electrons. The van der Waals surface area contributed by atoms with Gasteiger partial charge in [-0.3, -0.25) is 9.59 Å². The van der Waals surface area contributed by atoms with E-state index < -0.39 is 23.6 Å². The Morgan fingerprint density at radius 1 is 1.04 bits per heavy atom. The smallest absolute Gasteiger partial charge is 0.395 e. The maximum Gasteiger partial charge on any atom is 0.451 e. The summed E-state index contributed by atoms with van der Waals surface area (Å²) in [5.74, 6) is -2.35. The first-order valence-corrected chi connectivity index (χ1v) is 6.24. The molecule has 1 aliphatic carbocycles. The molecule has 0 spiro atoms. The molecule has 3 rings (SSSR count). The number of carbonyl (C=O) groups excluding carboxylic acids is 2. The summed E-state index contributed by atoms with van der Waals surface area (Å²) in [4.78, 5) is 34.1. The molecule has 0 aromatic carbocycles. The Morgan fingerprint density at radius 3 is 2.30 bits per heavy atom. The van der Waals surface area contributed by atoms with Gasteiger partial charge in [-0.05, 0) is 12.1 Å². The number of pyridine rings is 1. The van der Waals surface area contributed by atoms with Crippen LogP contribution in [0.4, 0.5) is 13.2 Å². The van der Waals surface area contributed by atoms with Crippen LogP contribution in [0.1, 0.15) is 26.7 Å². The van der Waals surface area contributed by atoms with E-state index in [0.717, 1.165) is 18.5 Å². The first-order chi connectivity index (χ1) is 10.8. The summed E-state index contributed by atoms with van der Waals surface area (Å²) < 4.78 is 37.3. The third kappa shape index (κ3) is 2.56. The van der Waals surface area contributed by atoms with Gasteiger partial charge in [0, 0.05) is 24.0 Å². The molecule has 0 aliphatic heterocycles. The summed E-state index contributed by atoms with van der Waals surface area (Å²) >= 11 is 0. The van der Waals surface area contributed by atoms with Crippen LogP contribution in [0.3, 0.4) is 0 Å². The van der Waals surface area contributed by atoms with Crippen molar-refractivity contribution in [1.82, 2.24) is 15.0 Å². The van der Waals surface area contributed by atoms with Crippen molar-refractivity contribution in [3.8, 4) is 11.3 Å². The Morgan fingerprint density at radius 2 is 1.70 bits per heavy atom. The highest BCUT2D eigenvalue weighted by Gasteiger charge is 2.34. The van der Waals surface area contributed by atoms with Crippen LogP contribution >= 0.6 is 0 Å². The van der Waals surface area contributed by atoms with Gasteiger partial charge >= 0.3 is 6.18 Å². The van der Waals surface area contributed by atoms with Gasteiger partial charge in [0.15, 0.2) is 5.78 Å². The summed E-state index contributed by atoms with van der Waals surface area (Å²) in [7, 11) is 0. The van der Waals surface area contributed by atoms with Crippen molar-refractivity contribution < 1.29 is 22.8 Å². The van der Waals surface area contributed by atoms with Gasteiger partial charge in [-0.15, -0.1) is 0 Å². The predicted octanol–water partition coefficient (Wildman–Crippen LogP) is 1.78. The van der Waals surface area contributed by atoms with Gasteiger partial charge in [-0.25, -0.2) is 15.0 Å². The van der Waals surface area contributed by atoms with Crippen LogP contribution in [0.25, 0.3) is 11.3 Å². The van der Waals surface area contributed by atoms with Crippen LogP contribution in [0, 0.1) is 0 Å². The van der Waals surface area contributed by atoms with Gasteiger partial charge in [0.05, 0.1) is 17.0 Å². The first kappa shape index (κ1) is 14.8. The molecule has 0 saturated carbocycles. The molecule has 2 heterocycles. The van der Waals surface area contributed by atoms with Crippen LogP contribution in [-0.4, -0.2) is 26.5 Å². The number of hydrogen-bond acceptors (Lipinski definition) is 6. The Bertz CT molecular complexity index is 857. The molecule has 2 aromatic heterocycles. The van der Waals surface area contributed by atoms with E-state index in [1.165, 1.54) is 12.1 Å². The Hall–Kier alpha value is -3.10. The molecular weight excluding hydrogens is 313 g/mol. The number of carbonyl (C=O) groups is 2. The lowest BCUT2D eigenvalue weighted by molar-refractivity contribution is -0.144. The van der Waals surface area contributed by atoms with E-state index in [9.17, 15) is 22.8 Å². The standard InChI is InChI=1S/C14H7F3N4O2/c15-14(16,17)13-19-4-6(5-20-13)9-2-1-7-10(22)3-8(18)12(23)11(7)21-9/h1-5H,18H2. The average Bonchev–Trinajstić information content (AvgIpc) is 2.51. The fraction of sp³-hybridized carbons (Fsp3) is 0.0714. The van der Waals surface area contributed by atoms with E-state index in [4.69, 9.17) is 5.73 Å². The Balaban J connectivity index is 2.04. The quantitative estimate of drug-likeness (QED) is 0.860. The minimum absolute atomic E-state index is 0.0841. The third-order valence-corrected chi connectivity index (χ3v) is 3.13. The van der Waals surface area contributed by atoms with Crippen LogP contribution in [0.2, 0.25) is 0 Å². The predicted molar refractivity (Wildman–Crippen MR) is 71.2 cm³/mol. The maximum absolute atomic E-state index is 12.4. The molecule has 0 atom stereocenters. The van der Waals surface area contributed by atoms with Crippen molar-refractivity contribution in [3.05, 3.63) is 53.4 Å². The molecule has 0 amide bonds. The lowest BCUT2D eigenvalue weighted by atomic mass is 9.97. The number of alkyl halides is 3. The number of ketones is 2. The fourth-order valence-electron chi connectivity index (χ4n) is 2.02. The highest BCUT2D eigenvalue weighted by molar-refractivity contribution is 6.23. The third-order valence-electron chi connectivity index (χ3n) is 3.13. The molecule has 0 radical (unpaired) electrons. The van der Waals surface area contributed by atoms with Crippen LogP contribution < -0.4 is 5.73 Å². The van der Waals surface area contributed by atoms with Crippen molar-refractivity contribution in [2.75, 3.05) is 0 Å². The number of halogens is 3. The first-order valence-electron chi connectivity index (χ1n) is 6.24. The summed E-state index contributed by atoms with van der Waals surface area (Å²) in [5, 5.41) is 0. The van der Waals surface area contributed by atoms with Crippen molar-refractivity contribution in [2.45, 2.75) is 6.18 Å². The average molecular weight is 320 g/mol. The molecule has 23 heavy (non-hydrogen) atoms. The normalized spacial score (nSPS) is 14.5. The van der Waals surface area contributed by atoms with E-state index in [1.54, 1.807) is 0 Å². The Kier molecular flexibility index (Phi) is 3.20. The molecule has 0 saturated heterocycles. The minimum atomic E-state index is -4.65. The van der Waals surface area contributed by atoms with Crippen LogP contribution in [0.15, 0.2) is 36.3 Å². The second-order valence-electron chi connectivity index (χ2n) is 4.68. The van der Waals surface area contributed by atoms with Gasteiger partial charge < -0.3 is 5.73 Å². The van der Waals surface area contributed by atoms with E-state index >= 15 is 0 Å². The maximum atomic E-state index is 12.4. The Labute approximate surface area is 126 Å². The molecule has 6 nitrogen and oxygen atoms in total. The van der Waals surface area contributed by atoms with E-state index in [1.807, 2.05) is 0 Å². The zero-order chi connectivity index (χ0) is 16.8. The number of fused-ring (bicyclic) bond motifs is 1. The summed E-state index contributed by atoms with van der Waals surface area (Å²) in [6.45, 7) is 0. The van der Waals surface area contributed by atoms with Crippen molar-refractivity contribution in [3.63, 3.8) is 0 Å². The zero-order valence-corrected chi connectivity index (χ0v) is 11.3. The number of rotatable bonds is 1. The van der Waals surface area contributed by atoms with E-state index in [2.05, 4.69) is 15.0 Å². The van der Waals surface area contributed by atoms with Gasteiger partial charge in [0.2, 0.25) is 11.6 Å². The van der Waals surface area contributed by atoms with Crippen molar-refractivity contribution >= 4 is 11.6 Å². The zero-order valence-electron chi connectivity index (χ0n) is 11.3. The van der Waals surface area contributed by atoms with Crippen LogP contribution in [0.5, 0.6) is 0 Å². The SMILES string of the molecule is NC1=CC(=O)c2ccc(-c3cnc(C(F)(F)F)nc3)nc2C1=O. The number of Topliss-reactive ketones (excluding diaryl/α,β-unsaturated/α-hetero) is 1. The summed E-state index contributed by atoms with van der Waals surface area (Å²) in [6, 6.07) is 2.75. The number of hydrogen-bond donors (Lipinski definition) is 1. The second-order valence-corrected chi connectivity index (χ2v) is 4.68. The molecule has 0 fully saturated rings. The molecule has 0 unspecified atom stereocenters. The molecule has 0 bridgehead atoms. The van der Waals surface area contributed by atoms with Crippen molar-refractivity contribution in [2.24, 2.45) is 5.73 Å². The van der Waals surface area contributed by atoms with Gasteiger partial charge in [-0.2, -0.15) is 13.2 Å². The number of aromatic nitrogens is 3. The molecule has 2 aromatic rings. The second kappa shape index (κ2) is 4.97. The number of nitrogens with two attached hydrogens (primary N) is 1. The van der Waals surface area contributed by atoms with Gasteiger partial charge in [-0.1, -0.05) is 0 Å². The summed E-state index contributed by atoms with van der Waals surface area (Å²) in [6.07, 6.45) is -1.76. The van der Waals surface area contributed by atoms with E-state index in [0.29, 0.717) is 0 Å². The lowest BCUT2D eigenvalue weighted by Gasteiger charge is -2.12. The topological polar surface area (TPSA) is 98.8 Å². The van der Waals surface area contributed by atoms with Gasteiger partial charge in [0.1, 0.15) is 5.69 Å². The molecule has 9 heteroatoms. The number of nitrogens with zero attached hydrogens (tertiary/aromatic N) is 3. The number of allylic oxidation sites excluding steroid dienone is 2. The minimum Gasteiger partial charge on any atom is -0.395 e.